The minimum atomic E-state index is -0.0404. The molecule has 0 radical (unpaired) electrons. The predicted octanol–water partition coefficient (Wildman–Crippen LogP) is 4.33. The van der Waals surface area contributed by atoms with Crippen molar-refractivity contribution in [1.82, 2.24) is 20.4 Å². The van der Waals surface area contributed by atoms with Gasteiger partial charge < -0.3 is 8.94 Å². The molecule has 3 aromatic heterocycles. The van der Waals surface area contributed by atoms with Crippen LogP contribution in [0.1, 0.15) is 56.6 Å². The second-order valence-corrected chi connectivity index (χ2v) is 7.42. The quantitative estimate of drug-likeness (QED) is 0.682. The Kier molecular flexibility index (Phi) is 4.59. The molecule has 1 aliphatic rings. The number of furan rings is 1. The lowest BCUT2D eigenvalue weighted by Crippen LogP contribution is -2.25. The van der Waals surface area contributed by atoms with Crippen LogP contribution in [0.3, 0.4) is 0 Å². The molecule has 0 saturated heterocycles. The van der Waals surface area contributed by atoms with Crippen molar-refractivity contribution in [2.24, 2.45) is 11.8 Å². The highest BCUT2D eigenvalue weighted by atomic mass is 16.5. The smallest absolute Gasteiger partial charge is 0.244 e. The number of nitrogens with one attached hydrogen (secondary N) is 1. The topological polar surface area (TPSA) is 77.0 Å². The molecule has 6 heteroatoms. The maximum Gasteiger partial charge on any atom is 0.244 e. The summed E-state index contributed by atoms with van der Waals surface area (Å²) in [7, 11) is 0. The molecule has 0 spiro atoms. The monoisotopic (exact) mass is 352 g/mol. The van der Waals surface area contributed by atoms with Gasteiger partial charge in [-0.1, -0.05) is 25.9 Å². The van der Waals surface area contributed by atoms with Crippen LogP contribution in [0, 0.1) is 11.8 Å². The third-order valence-electron chi connectivity index (χ3n) is 4.95. The summed E-state index contributed by atoms with van der Waals surface area (Å²) in [4.78, 5) is 8.66. The van der Waals surface area contributed by atoms with E-state index in [1.807, 2.05) is 12.1 Å². The molecule has 1 fully saturated rings. The molecule has 1 saturated carbocycles. The van der Waals surface area contributed by atoms with Crippen LogP contribution >= 0.6 is 0 Å². The summed E-state index contributed by atoms with van der Waals surface area (Å²) in [6.07, 6.45) is 4.69. The van der Waals surface area contributed by atoms with Gasteiger partial charge in [-0.25, -0.2) is 0 Å². The van der Waals surface area contributed by atoms with Crippen molar-refractivity contribution in [2.75, 3.05) is 0 Å². The first-order valence-electron chi connectivity index (χ1n) is 9.18. The van der Waals surface area contributed by atoms with E-state index in [0.717, 1.165) is 23.0 Å². The first-order chi connectivity index (χ1) is 12.6. The molecule has 0 aliphatic heterocycles. The van der Waals surface area contributed by atoms with Crippen molar-refractivity contribution in [2.45, 2.75) is 45.7 Å². The Labute approximate surface area is 153 Å². The first kappa shape index (κ1) is 17.0. The highest BCUT2D eigenvalue weighted by Crippen LogP contribution is 2.47. The fourth-order valence-corrected chi connectivity index (χ4v) is 3.20. The van der Waals surface area contributed by atoms with Crippen LogP contribution in [0.2, 0.25) is 0 Å². The van der Waals surface area contributed by atoms with Crippen LogP contribution in [-0.4, -0.2) is 15.1 Å². The first-order valence-corrected chi connectivity index (χ1v) is 9.18. The second kappa shape index (κ2) is 7.03. The Morgan fingerprint density at radius 1 is 1.27 bits per heavy atom. The molecule has 6 nitrogen and oxygen atoms in total. The Morgan fingerprint density at radius 3 is 2.81 bits per heavy atom. The average Bonchev–Trinajstić information content (AvgIpc) is 3.05. The van der Waals surface area contributed by atoms with Crippen molar-refractivity contribution >= 4 is 0 Å². The zero-order valence-electron chi connectivity index (χ0n) is 15.3. The van der Waals surface area contributed by atoms with Crippen LogP contribution in [0.25, 0.3) is 11.4 Å². The zero-order chi connectivity index (χ0) is 18.1. The molecule has 3 aromatic rings. The van der Waals surface area contributed by atoms with E-state index in [1.54, 1.807) is 12.4 Å². The van der Waals surface area contributed by atoms with Crippen molar-refractivity contribution in [3.8, 4) is 11.4 Å². The molecular weight excluding hydrogens is 328 g/mol. The largest absolute Gasteiger partial charge is 0.464 e. The molecule has 26 heavy (non-hydrogen) atoms. The van der Waals surface area contributed by atoms with Gasteiger partial charge in [0.05, 0.1) is 12.6 Å². The second-order valence-electron chi connectivity index (χ2n) is 7.42. The third-order valence-corrected chi connectivity index (χ3v) is 4.95. The molecule has 0 bridgehead atoms. The number of aromatic nitrogens is 3. The molecule has 3 heterocycles. The lowest BCUT2D eigenvalue weighted by molar-refractivity contribution is 0.281. The van der Waals surface area contributed by atoms with Gasteiger partial charge in [0.2, 0.25) is 11.7 Å². The molecule has 4 rings (SSSR count). The Morgan fingerprint density at radius 2 is 2.12 bits per heavy atom. The number of nitrogens with zero attached hydrogens (tertiary/aromatic N) is 3. The van der Waals surface area contributed by atoms with Crippen LogP contribution < -0.4 is 5.32 Å². The summed E-state index contributed by atoms with van der Waals surface area (Å²) in [6.45, 7) is 7.15. The Bertz CT molecular complexity index is 856. The summed E-state index contributed by atoms with van der Waals surface area (Å²) < 4.78 is 11.5. The van der Waals surface area contributed by atoms with Gasteiger partial charge in [-0.05, 0) is 42.5 Å². The SMILES string of the molecule is CC(C)C(NCc1ccc(C2CC2C)o1)c1nc(-c2cccnc2)no1. The molecule has 1 aliphatic carbocycles. The fourth-order valence-electron chi connectivity index (χ4n) is 3.20. The summed E-state index contributed by atoms with van der Waals surface area (Å²) >= 11 is 0. The van der Waals surface area contributed by atoms with Crippen LogP contribution in [-0.2, 0) is 6.54 Å². The highest BCUT2D eigenvalue weighted by molar-refractivity contribution is 5.51. The van der Waals surface area contributed by atoms with Gasteiger partial charge in [0.15, 0.2) is 0 Å². The van der Waals surface area contributed by atoms with E-state index in [-0.39, 0.29) is 6.04 Å². The van der Waals surface area contributed by atoms with Crippen LogP contribution in [0.15, 0.2) is 45.6 Å². The molecule has 136 valence electrons. The Hall–Kier alpha value is -2.47. The molecule has 0 aromatic carbocycles. The van der Waals surface area contributed by atoms with E-state index in [9.17, 15) is 0 Å². The van der Waals surface area contributed by atoms with Crippen molar-refractivity contribution in [3.05, 3.63) is 54.1 Å². The summed E-state index contributed by atoms with van der Waals surface area (Å²) in [5, 5.41) is 7.59. The van der Waals surface area contributed by atoms with Gasteiger partial charge in [0, 0.05) is 23.9 Å². The maximum absolute atomic E-state index is 5.98. The van der Waals surface area contributed by atoms with Gasteiger partial charge in [-0.2, -0.15) is 4.98 Å². The van der Waals surface area contributed by atoms with Gasteiger partial charge in [0.1, 0.15) is 11.5 Å². The summed E-state index contributed by atoms with van der Waals surface area (Å²) in [6, 6.07) is 7.89. The third kappa shape index (κ3) is 3.55. The fraction of sp³-hybridized carbons (Fsp3) is 0.450. The summed E-state index contributed by atoms with van der Waals surface area (Å²) in [5.74, 6) is 4.83. The molecule has 3 unspecified atom stereocenters. The lowest BCUT2D eigenvalue weighted by atomic mass is 10.0. The normalized spacial score (nSPS) is 20.5. The molecule has 0 amide bonds. The molecule has 3 atom stereocenters. The number of hydrogen-bond acceptors (Lipinski definition) is 6. The highest BCUT2D eigenvalue weighted by Gasteiger charge is 2.36. The van der Waals surface area contributed by atoms with E-state index in [0.29, 0.717) is 30.1 Å². The molecular formula is C20H24N4O2. The van der Waals surface area contributed by atoms with E-state index in [4.69, 9.17) is 8.94 Å². The van der Waals surface area contributed by atoms with Crippen molar-refractivity contribution in [1.29, 1.82) is 0 Å². The minimum Gasteiger partial charge on any atom is -0.464 e. The van der Waals surface area contributed by atoms with Crippen molar-refractivity contribution in [3.63, 3.8) is 0 Å². The predicted molar refractivity (Wildman–Crippen MR) is 97.2 cm³/mol. The van der Waals surface area contributed by atoms with E-state index in [2.05, 4.69) is 53.3 Å². The maximum atomic E-state index is 5.98. The number of rotatable bonds is 7. The zero-order valence-corrected chi connectivity index (χ0v) is 15.3. The standard InChI is InChI=1S/C20H24N4O2/c1-12(2)18(20-23-19(24-26-20)14-5-4-8-21-10-14)22-11-15-6-7-17(25-15)16-9-13(16)3/h4-8,10,12-13,16,18,22H,9,11H2,1-3H3. The van der Waals surface area contributed by atoms with Gasteiger partial charge in [0.25, 0.3) is 0 Å². The van der Waals surface area contributed by atoms with Crippen molar-refractivity contribution < 1.29 is 8.94 Å². The number of hydrogen-bond donors (Lipinski definition) is 1. The van der Waals surface area contributed by atoms with Crippen LogP contribution in [0.4, 0.5) is 0 Å². The summed E-state index contributed by atoms with van der Waals surface area (Å²) in [5.41, 5.74) is 0.847. The van der Waals surface area contributed by atoms with Crippen LogP contribution in [0.5, 0.6) is 0 Å². The van der Waals surface area contributed by atoms with Gasteiger partial charge in [-0.3, -0.25) is 10.3 Å². The molecule has 1 N–H and O–H groups in total. The van der Waals surface area contributed by atoms with E-state index in [1.165, 1.54) is 6.42 Å². The average molecular weight is 352 g/mol. The number of pyridine rings is 1. The van der Waals surface area contributed by atoms with Gasteiger partial charge in [-0.15, -0.1) is 0 Å². The van der Waals surface area contributed by atoms with E-state index < -0.39 is 0 Å². The minimum absolute atomic E-state index is 0.0404. The van der Waals surface area contributed by atoms with E-state index >= 15 is 0 Å². The van der Waals surface area contributed by atoms with Gasteiger partial charge >= 0.3 is 0 Å². The Balaban J connectivity index is 1.44. The lowest BCUT2D eigenvalue weighted by Gasteiger charge is -2.17.